The molecule has 0 radical (unpaired) electrons. The Bertz CT molecular complexity index is 497. The van der Waals surface area contributed by atoms with Crippen molar-refractivity contribution in [1.29, 1.82) is 0 Å². The van der Waals surface area contributed by atoms with Gasteiger partial charge in [0.2, 0.25) is 0 Å². The van der Waals surface area contributed by atoms with E-state index >= 15 is 0 Å². The molecule has 1 aliphatic carbocycles. The minimum Gasteiger partial charge on any atom is -0.481 e. The van der Waals surface area contributed by atoms with Gasteiger partial charge in [-0.15, -0.1) is 0 Å². The molecule has 4 heteroatoms. The van der Waals surface area contributed by atoms with Gasteiger partial charge in [-0.25, -0.2) is 0 Å². The van der Waals surface area contributed by atoms with Crippen molar-refractivity contribution in [2.24, 2.45) is 0 Å². The highest BCUT2D eigenvalue weighted by Crippen LogP contribution is 2.32. The van der Waals surface area contributed by atoms with Gasteiger partial charge in [0.25, 0.3) is 5.91 Å². The van der Waals surface area contributed by atoms with E-state index in [4.69, 9.17) is 4.74 Å². The van der Waals surface area contributed by atoms with Crippen LogP contribution in [-0.4, -0.2) is 35.1 Å². The molecule has 0 aromatic heterocycles. The smallest absolute Gasteiger partial charge is 0.263 e. The molecule has 0 aliphatic heterocycles. The van der Waals surface area contributed by atoms with Gasteiger partial charge in [0.05, 0.1) is 6.10 Å². The second-order valence-corrected chi connectivity index (χ2v) is 5.54. The van der Waals surface area contributed by atoms with Crippen LogP contribution in [0.25, 0.3) is 0 Å². The predicted octanol–water partition coefficient (Wildman–Crippen LogP) is 2.69. The van der Waals surface area contributed by atoms with Crippen molar-refractivity contribution in [3.8, 4) is 5.75 Å². The van der Waals surface area contributed by atoms with E-state index in [1.165, 1.54) is 5.56 Å². The SMILES string of the molecule is CCN(CC)C(=O)C(C)Oc1ccc2c(c1)[C@H](O)CCC2. The van der Waals surface area contributed by atoms with E-state index in [1.54, 1.807) is 11.8 Å². The van der Waals surface area contributed by atoms with Crippen molar-refractivity contribution in [2.45, 2.75) is 52.2 Å². The number of hydrogen-bond donors (Lipinski definition) is 1. The fourth-order valence-electron chi connectivity index (χ4n) is 2.87. The lowest BCUT2D eigenvalue weighted by Crippen LogP contribution is -2.40. The molecule has 116 valence electrons. The number of carbonyl (C=O) groups excluding carboxylic acids is 1. The van der Waals surface area contributed by atoms with E-state index < -0.39 is 12.2 Å². The Morgan fingerprint density at radius 1 is 1.43 bits per heavy atom. The molecule has 2 rings (SSSR count). The number of likely N-dealkylation sites (N-methyl/N-ethyl adjacent to an activating group) is 1. The number of nitrogens with zero attached hydrogens (tertiary/aromatic N) is 1. The molecule has 0 fully saturated rings. The van der Waals surface area contributed by atoms with Crippen LogP contribution in [0.2, 0.25) is 0 Å². The number of hydrogen-bond acceptors (Lipinski definition) is 3. The van der Waals surface area contributed by atoms with Crippen molar-refractivity contribution in [3.63, 3.8) is 0 Å². The van der Waals surface area contributed by atoms with Crippen LogP contribution in [-0.2, 0) is 11.2 Å². The summed E-state index contributed by atoms with van der Waals surface area (Å²) in [5.74, 6) is 0.654. The van der Waals surface area contributed by atoms with Gasteiger partial charge in [-0.2, -0.15) is 0 Å². The van der Waals surface area contributed by atoms with Crippen molar-refractivity contribution in [1.82, 2.24) is 4.90 Å². The Morgan fingerprint density at radius 3 is 2.81 bits per heavy atom. The summed E-state index contributed by atoms with van der Waals surface area (Å²) in [7, 11) is 0. The first kappa shape index (κ1) is 15.8. The number of amides is 1. The fourth-order valence-corrected chi connectivity index (χ4v) is 2.87. The van der Waals surface area contributed by atoms with Crippen LogP contribution in [0.1, 0.15) is 50.8 Å². The van der Waals surface area contributed by atoms with Crippen molar-refractivity contribution >= 4 is 5.91 Å². The molecule has 0 spiro atoms. The van der Waals surface area contributed by atoms with Gasteiger partial charge in [-0.05, 0) is 63.3 Å². The zero-order valence-electron chi connectivity index (χ0n) is 13.1. The van der Waals surface area contributed by atoms with E-state index in [-0.39, 0.29) is 5.91 Å². The molecule has 0 saturated heterocycles. The quantitative estimate of drug-likeness (QED) is 0.907. The molecule has 21 heavy (non-hydrogen) atoms. The topological polar surface area (TPSA) is 49.8 Å². The maximum absolute atomic E-state index is 12.2. The number of benzene rings is 1. The Morgan fingerprint density at radius 2 is 2.14 bits per heavy atom. The summed E-state index contributed by atoms with van der Waals surface area (Å²) in [6.07, 6.45) is 1.89. The molecule has 4 nitrogen and oxygen atoms in total. The summed E-state index contributed by atoms with van der Waals surface area (Å²) in [5.41, 5.74) is 2.13. The molecule has 1 amide bonds. The average Bonchev–Trinajstić information content (AvgIpc) is 2.49. The van der Waals surface area contributed by atoms with Crippen molar-refractivity contribution < 1.29 is 14.6 Å². The van der Waals surface area contributed by atoms with E-state index in [1.807, 2.05) is 32.0 Å². The summed E-state index contributed by atoms with van der Waals surface area (Å²) in [6.45, 7) is 7.07. The number of carbonyl (C=O) groups is 1. The largest absolute Gasteiger partial charge is 0.481 e. The molecule has 2 atom stereocenters. The Labute approximate surface area is 126 Å². The highest BCUT2D eigenvalue weighted by atomic mass is 16.5. The highest BCUT2D eigenvalue weighted by molar-refractivity contribution is 5.80. The molecule has 0 bridgehead atoms. The van der Waals surface area contributed by atoms with Crippen LogP contribution in [0.15, 0.2) is 18.2 Å². The first-order valence-electron chi connectivity index (χ1n) is 7.83. The van der Waals surface area contributed by atoms with Gasteiger partial charge in [-0.3, -0.25) is 4.79 Å². The van der Waals surface area contributed by atoms with Gasteiger partial charge in [0.1, 0.15) is 5.75 Å². The summed E-state index contributed by atoms with van der Waals surface area (Å²) in [5, 5.41) is 10.1. The van der Waals surface area contributed by atoms with Gasteiger partial charge >= 0.3 is 0 Å². The number of fused-ring (bicyclic) bond motifs is 1. The highest BCUT2D eigenvalue weighted by Gasteiger charge is 2.22. The Balaban J connectivity index is 2.09. The Hall–Kier alpha value is -1.55. The third-order valence-corrected chi connectivity index (χ3v) is 4.14. The number of aliphatic hydroxyl groups excluding tert-OH is 1. The van der Waals surface area contributed by atoms with Crippen LogP contribution in [0.3, 0.4) is 0 Å². The zero-order valence-corrected chi connectivity index (χ0v) is 13.1. The van der Waals surface area contributed by atoms with E-state index in [0.717, 1.165) is 24.8 Å². The molecule has 0 saturated carbocycles. The number of rotatable bonds is 5. The molecule has 1 aromatic rings. The average molecular weight is 291 g/mol. The lowest BCUT2D eigenvalue weighted by atomic mass is 9.89. The van der Waals surface area contributed by atoms with E-state index in [9.17, 15) is 9.90 Å². The first-order valence-corrected chi connectivity index (χ1v) is 7.83. The molecule has 1 unspecified atom stereocenters. The molecule has 1 N–H and O–H groups in total. The molecular formula is C17H25NO3. The van der Waals surface area contributed by atoms with Gasteiger partial charge in [0.15, 0.2) is 6.10 Å². The normalized spacial score (nSPS) is 18.8. The second-order valence-electron chi connectivity index (χ2n) is 5.54. The standard InChI is InChI=1S/C17H25NO3/c1-4-18(5-2)17(20)12(3)21-14-10-9-13-7-6-8-16(19)15(13)11-14/h9-12,16,19H,4-8H2,1-3H3/t12?,16-/m1/s1. The van der Waals surface area contributed by atoms with E-state index in [0.29, 0.717) is 18.8 Å². The van der Waals surface area contributed by atoms with Crippen LogP contribution in [0.4, 0.5) is 0 Å². The lowest BCUT2D eigenvalue weighted by Gasteiger charge is -2.25. The second kappa shape index (κ2) is 6.94. The van der Waals surface area contributed by atoms with Crippen LogP contribution in [0.5, 0.6) is 5.75 Å². The third kappa shape index (κ3) is 3.56. The summed E-state index contributed by atoms with van der Waals surface area (Å²) < 4.78 is 5.77. The Kier molecular flexibility index (Phi) is 5.23. The molecule has 1 aliphatic rings. The first-order chi connectivity index (χ1) is 10.1. The fraction of sp³-hybridized carbons (Fsp3) is 0.588. The zero-order chi connectivity index (χ0) is 15.4. The predicted molar refractivity (Wildman–Crippen MR) is 82.4 cm³/mol. The van der Waals surface area contributed by atoms with Crippen molar-refractivity contribution in [3.05, 3.63) is 29.3 Å². The molecular weight excluding hydrogens is 266 g/mol. The minimum absolute atomic E-state index is 0.00160. The number of ether oxygens (including phenoxy) is 1. The minimum atomic E-state index is -0.510. The summed E-state index contributed by atoms with van der Waals surface area (Å²) in [6, 6.07) is 5.77. The summed E-state index contributed by atoms with van der Waals surface area (Å²) in [4.78, 5) is 14.0. The molecule has 0 heterocycles. The van der Waals surface area contributed by atoms with Crippen molar-refractivity contribution in [2.75, 3.05) is 13.1 Å². The summed E-state index contributed by atoms with van der Waals surface area (Å²) >= 11 is 0. The number of aryl methyl sites for hydroxylation is 1. The van der Waals surface area contributed by atoms with E-state index in [2.05, 4.69) is 0 Å². The number of aliphatic hydroxyl groups is 1. The lowest BCUT2D eigenvalue weighted by molar-refractivity contribution is -0.137. The van der Waals surface area contributed by atoms with Gasteiger partial charge in [0, 0.05) is 13.1 Å². The molecule has 1 aromatic carbocycles. The maximum atomic E-state index is 12.2. The van der Waals surface area contributed by atoms with Gasteiger partial charge in [-0.1, -0.05) is 6.07 Å². The van der Waals surface area contributed by atoms with Crippen LogP contribution >= 0.6 is 0 Å². The van der Waals surface area contributed by atoms with Gasteiger partial charge < -0.3 is 14.7 Å². The van der Waals surface area contributed by atoms with Crippen LogP contribution in [0, 0.1) is 0 Å². The maximum Gasteiger partial charge on any atom is 0.263 e. The third-order valence-electron chi connectivity index (χ3n) is 4.14. The monoisotopic (exact) mass is 291 g/mol. The van der Waals surface area contributed by atoms with Crippen LogP contribution < -0.4 is 4.74 Å².